The van der Waals surface area contributed by atoms with E-state index in [9.17, 15) is 4.79 Å². The summed E-state index contributed by atoms with van der Waals surface area (Å²) < 4.78 is 2.07. The Kier molecular flexibility index (Phi) is 9.36. The van der Waals surface area contributed by atoms with Crippen LogP contribution in [0.1, 0.15) is 64.0 Å². The lowest BCUT2D eigenvalue weighted by Gasteiger charge is -2.21. The molecule has 124 valence electrons. The van der Waals surface area contributed by atoms with Gasteiger partial charge in [0.1, 0.15) is 0 Å². The van der Waals surface area contributed by atoms with Gasteiger partial charge in [-0.3, -0.25) is 4.79 Å². The number of hydrogen-bond donors (Lipinski definition) is 0. The number of carbonyl (C=O) groups excluding carboxylic acids is 1. The zero-order valence-electron chi connectivity index (χ0n) is 14.4. The smallest absolute Gasteiger partial charge is 0.223 e. The van der Waals surface area contributed by atoms with Gasteiger partial charge in [0, 0.05) is 31.9 Å². The van der Waals surface area contributed by atoms with Crippen molar-refractivity contribution in [3.05, 3.63) is 36.7 Å². The van der Waals surface area contributed by atoms with Gasteiger partial charge >= 0.3 is 0 Å². The molecule has 0 unspecified atom stereocenters. The van der Waals surface area contributed by atoms with E-state index in [0.29, 0.717) is 19.5 Å². The van der Waals surface area contributed by atoms with Gasteiger partial charge in [0.2, 0.25) is 5.91 Å². The Morgan fingerprint density at radius 3 is 2.50 bits per heavy atom. The van der Waals surface area contributed by atoms with Crippen LogP contribution in [0.5, 0.6) is 0 Å². The van der Waals surface area contributed by atoms with Crippen LogP contribution in [0.25, 0.3) is 0 Å². The van der Waals surface area contributed by atoms with Gasteiger partial charge in [-0.2, -0.15) is 0 Å². The van der Waals surface area contributed by atoms with Crippen molar-refractivity contribution in [1.82, 2.24) is 9.47 Å². The SMILES string of the molecule is C=CCN(Cc1cccn1C)C(=O)CCCCCCCCC. The third-order valence-corrected chi connectivity index (χ3v) is 4.10. The fraction of sp³-hybridized carbons (Fsp3) is 0.632. The first kappa shape index (κ1) is 18.5. The lowest BCUT2D eigenvalue weighted by Crippen LogP contribution is -2.31. The molecule has 1 rings (SSSR count). The number of nitrogens with zero attached hydrogens (tertiary/aromatic N) is 2. The largest absolute Gasteiger partial charge is 0.353 e. The van der Waals surface area contributed by atoms with Crippen LogP contribution in [0.15, 0.2) is 31.0 Å². The second kappa shape index (κ2) is 11.1. The predicted octanol–water partition coefficient (Wildman–Crippen LogP) is 4.68. The summed E-state index contributed by atoms with van der Waals surface area (Å²) >= 11 is 0. The summed E-state index contributed by atoms with van der Waals surface area (Å²) in [5, 5.41) is 0. The second-order valence-electron chi connectivity index (χ2n) is 6.04. The van der Waals surface area contributed by atoms with Crippen molar-refractivity contribution in [2.75, 3.05) is 6.54 Å². The van der Waals surface area contributed by atoms with Crippen LogP contribution >= 0.6 is 0 Å². The molecule has 0 radical (unpaired) electrons. The van der Waals surface area contributed by atoms with Crippen LogP contribution < -0.4 is 0 Å². The summed E-state index contributed by atoms with van der Waals surface area (Å²) in [5.41, 5.74) is 1.16. The maximum absolute atomic E-state index is 12.4. The fourth-order valence-electron chi connectivity index (χ4n) is 2.66. The van der Waals surface area contributed by atoms with Crippen molar-refractivity contribution >= 4 is 5.91 Å². The van der Waals surface area contributed by atoms with Crippen molar-refractivity contribution in [2.45, 2.75) is 64.8 Å². The van der Waals surface area contributed by atoms with Crippen LogP contribution in [-0.2, 0) is 18.4 Å². The van der Waals surface area contributed by atoms with Crippen LogP contribution in [0.4, 0.5) is 0 Å². The van der Waals surface area contributed by atoms with Gasteiger partial charge in [-0.05, 0) is 18.6 Å². The lowest BCUT2D eigenvalue weighted by molar-refractivity contribution is -0.131. The first-order chi connectivity index (χ1) is 10.7. The van der Waals surface area contributed by atoms with Gasteiger partial charge in [0.15, 0.2) is 0 Å². The molecule has 1 aromatic heterocycles. The first-order valence-corrected chi connectivity index (χ1v) is 8.68. The molecule has 0 N–H and O–H groups in total. The van der Waals surface area contributed by atoms with Gasteiger partial charge in [-0.15, -0.1) is 6.58 Å². The number of aromatic nitrogens is 1. The van der Waals surface area contributed by atoms with E-state index < -0.39 is 0 Å². The fourth-order valence-corrected chi connectivity index (χ4v) is 2.66. The second-order valence-corrected chi connectivity index (χ2v) is 6.04. The third kappa shape index (κ3) is 6.97. The number of unbranched alkanes of at least 4 members (excludes halogenated alkanes) is 6. The maximum Gasteiger partial charge on any atom is 0.223 e. The Hall–Kier alpha value is -1.51. The van der Waals surface area contributed by atoms with Gasteiger partial charge in [0.25, 0.3) is 0 Å². The molecule has 0 spiro atoms. The van der Waals surface area contributed by atoms with E-state index in [1.54, 1.807) is 0 Å². The summed E-state index contributed by atoms with van der Waals surface area (Å²) in [6, 6.07) is 4.08. The molecule has 22 heavy (non-hydrogen) atoms. The standard InChI is InChI=1S/C19H32N2O/c1-4-6-7-8-9-10-11-14-19(22)21(15-5-2)17-18-13-12-16-20(18)3/h5,12-13,16H,2,4,6-11,14-15,17H2,1,3H3. The molecule has 0 saturated heterocycles. The van der Waals surface area contributed by atoms with E-state index >= 15 is 0 Å². The monoisotopic (exact) mass is 304 g/mol. The molecule has 3 nitrogen and oxygen atoms in total. The van der Waals surface area contributed by atoms with Crippen molar-refractivity contribution in [3.8, 4) is 0 Å². The molecule has 0 aliphatic rings. The molecular weight excluding hydrogens is 272 g/mol. The Morgan fingerprint density at radius 1 is 1.23 bits per heavy atom. The van der Waals surface area contributed by atoms with Crippen molar-refractivity contribution in [2.24, 2.45) is 7.05 Å². The minimum absolute atomic E-state index is 0.245. The molecule has 0 atom stereocenters. The van der Waals surface area contributed by atoms with E-state index in [2.05, 4.69) is 24.1 Å². The highest BCUT2D eigenvalue weighted by atomic mass is 16.2. The molecule has 0 aliphatic carbocycles. The van der Waals surface area contributed by atoms with Gasteiger partial charge in [-0.25, -0.2) is 0 Å². The van der Waals surface area contributed by atoms with E-state index in [0.717, 1.165) is 12.1 Å². The number of hydrogen-bond acceptors (Lipinski definition) is 1. The quantitative estimate of drug-likeness (QED) is 0.406. The highest BCUT2D eigenvalue weighted by molar-refractivity contribution is 5.76. The first-order valence-electron chi connectivity index (χ1n) is 8.68. The summed E-state index contributed by atoms with van der Waals surface area (Å²) in [5.74, 6) is 0.245. The van der Waals surface area contributed by atoms with Gasteiger partial charge in [-0.1, -0.05) is 51.5 Å². The highest BCUT2D eigenvalue weighted by Gasteiger charge is 2.13. The molecular formula is C19H32N2O. The van der Waals surface area contributed by atoms with Crippen molar-refractivity contribution in [3.63, 3.8) is 0 Å². The molecule has 1 aromatic rings. The minimum Gasteiger partial charge on any atom is -0.353 e. The summed E-state index contributed by atoms with van der Waals surface area (Å²) in [6.07, 6.45) is 13.2. The van der Waals surface area contributed by atoms with E-state index in [1.165, 1.54) is 38.5 Å². The highest BCUT2D eigenvalue weighted by Crippen LogP contribution is 2.11. The average molecular weight is 304 g/mol. The Bertz CT molecular complexity index is 436. The zero-order valence-corrected chi connectivity index (χ0v) is 14.4. The van der Waals surface area contributed by atoms with Crippen molar-refractivity contribution < 1.29 is 4.79 Å². The van der Waals surface area contributed by atoms with E-state index in [-0.39, 0.29) is 5.91 Å². The number of aryl methyl sites for hydroxylation is 1. The van der Waals surface area contributed by atoms with Gasteiger partial charge in [0.05, 0.1) is 6.54 Å². The van der Waals surface area contributed by atoms with Crippen LogP contribution in [0.2, 0.25) is 0 Å². The number of amides is 1. The molecule has 0 aromatic carbocycles. The molecule has 0 fully saturated rings. The molecule has 0 bridgehead atoms. The minimum atomic E-state index is 0.245. The molecule has 1 amide bonds. The topological polar surface area (TPSA) is 25.2 Å². The van der Waals surface area contributed by atoms with Crippen molar-refractivity contribution in [1.29, 1.82) is 0 Å². The lowest BCUT2D eigenvalue weighted by atomic mass is 10.1. The molecule has 0 saturated carbocycles. The summed E-state index contributed by atoms with van der Waals surface area (Å²) in [4.78, 5) is 14.3. The molecule has 3 heteroatoms. The Morgan fingerprint density at radius 2 is 1.91 bits per heavy atom. The molecule has 0 aliphatic heterocycles. The predicted molar refractivity (Wildman–Crippen MR) is 93.6 cm³/mol. The zero-order chi connectivity index (χ0) is 16.2. The van der Waals surface area contributed by atoms with Gasteiger partial charge < -0.3 is 9.47 Å². The third-order valence-electron chi connectivity index (χ3n) is 4.10. The van der Waals surface area contributed by atoms with Crippen LogP contribution in [0.3, 0.4) is 0 Å². The van der Waals surface area contributed by atoms with Crippen LogP contribution in [-0.4, -0.2) is 21.9 Å². The number of rotatable bonds is 12. The maximum atomic E-state index is 12.4. The normalized spacial score (nSPS) is 10.6. The Balaban J connectivity index is 2.29. The average Bonchev–Trinajstić information content (AvgIpc) is 2.91. The van der Waals surface area contributed by atoms with Crippen LogP contribution in [0, 0.1) is 0 Å². The molecule has 1 heterocycles. The summed E-state index contributed by atoms with van der Waals surface area (Å²) in [7, 11) is 2.02. The summed E-state index contributed by atoms with van der Waals surface area (Å²) in [6.45, 7) is 7.30. The Labute approximate surface area is 136 Å². The van der Waals surface area contributed by atoms with E-state index in [4.69, 9.17) is 0 Å². The number of carbonyl (C=O) groups is 1. The van der Waals surface area contributed by atoms with E-state index in [1.807, 2.05) is 30.3 Å².